The molecule has 0 fully saturated rings. The molecule has 0 aliphatic heterocycles. The lowest BCUT2D eigenvalue weighted by Crippen LogP contribution is -2.21. The molecule has 140 valence electrons. The molecule has 0 aliphatic carbocycles. The van der Waals surface area contributed by atoms with E-state index in [1.54, 1.807) is 26.0 Å². The third kappa shape index (κ3) is 3.88. The van der Waals surface area contributed by atoms with Gasteiger partial charge in [0.2, 0.25) is 0 Å². The number of nitrogens with two attached hydrogens (primary N) is 1. The minimum absolute atomic E-state index is 0.191. The van der Waals surface area contributed by atoms with E-state index in [0.717, 1.165) is 17.2 Å². The second-order valence-electron chi connectivity index (χ2n) is 6.34. The zero-order chi connectivity index (χ0) is 19.8. The van der Waals surface area contributed by atoms with Crippen LogP contribution in [0.1, 0.15) is 40.3 Å². The van der Waals surface area contributed by atoms with E-state index in [2.05, 4.69) is 0 Å². The molecule has 0 aromatic heterocycles. The first-order valence-corrected chi connectivity index (χ1v) is 7.88. The number of aryl methyl sites for hydroxylation is 2. The van der Waals surface area contributed by atoms with Gasteiger partial charge in [-0.05, 0) is 49.1 Å². The molecule has 3 nitrogen and oxygen atoms in total. The van der Waals surface area contributed by atoms with Crippen LogP contribution in [0.2, 0.25) is 0 Å². The van der Waals surface area contributed by atoms with Gasteiger partial charge in [0.25, 0.3) is 0 Å². The van der Waals surface area contributed by atoms with Crippen molar-refractivity contribution in [2.75, 3.05) is 0 Å². The van der Waals surface area contributed by atoms with Crippen LogP contribution in [0.3, 0.4) is 0 Å². The summed E-state index contributed by atoms with van der Waals surface area (Å²) in [5.41, 5.74) is 6.34. The van der Waals surface area contributed by atoms with Crippen LogP contribution in [0, 0.1) is 26.6 Å². The van der Waals surface area contributed by atoms with E-state index in [1.807, 2.05) is 6.07 Å². The number of aliphatic carboxylic acids is 1. The van der Waals surface area contributed by atoms with Crippen molar-refractivity contribution in [3.8, 4) is 11.1 Å². The minimum Gasteiger partial charge on any atom is -0.481 e. The van der Waals surface area contributed by atoms with Crippen LogP contribution in [0.5, 0.6) is 0 Å². The average Bonchev–Trinajstić information content (AvgIpc) is 2.48. The number of benzene rings is 2. The van der Waals surface area contributed by atoms with E-state index in [4.69, 9.17) is 10.8 Å². The Bertz CT molecular complexity index is 860. The van der Waals surface area contributed by atoms with Crippen molar-refractivity contribution < 1.29 is 27.5 Å². The molecular weight excluding hydrogens is 350 g/mol. The van der Waals surface area contributed by atoms with Crippen molar-refractivity contribution in [1.82, 2.24) is 0 Å². The van der Waals surface area contributed by atoms with Gasteiger partial charge in [0, 0.05) is 11.6 Å². The Balaban J connectivity index is 2.85. The van der Waals surface area contributed by atoms with Gasteiger partial charge in [0.1, 0.15) is 5.82 Å². The Morgan fingerprint density at radius 2 is 1.77 bits per heavy atom. The maximum atomic E-state index is 14.6. The van der Waals surface area contributed by atoms with Crippen molar-refractivity contribution in [3.63, 3.8) is 0 Å². The Kier molecular flexibility index (Phi) is 5.41. The summed E-state index contributed by atoms with van der Waals surface area (Å²) in [7, 11) is 0. The van der Waals surface area contributed by atoms with Gasteiger partial charge >= 0.3 is 12.1 Å². The van der Waals surface area contributed by atoms with E-state index >= 15 is 0 Å². The highest BCUT2D eigenvalue weighted by Crippen LogP contribution is 2.41. The predicted molar refractivity (Wildman–Crippen MR) is 90.2 cm³/mol. The average molecular weight is 369 g/mol. The minimum atomic E-state index is -4.93. The lowest BCUT2D eigenvalue weighted by atomic mass is 9.87. The van der Waals surface area contributed by atoms with Gasteiger partial charge in [-0.3, -0.25) is 4.79 Å². The standard InChI is InChI=1S/C19H19F4NO2/c1-9-4-5-10(2)12(6-9)13-7-14(19(21,22)23)18(20)17(11(13)3)15(24)8-16(25)26/h4-7,15H,8,24H2,1-3H3,(H,25,26). The Labute approximate surface area is 148 Å². The van der Waals surface area contributed by atoms with Gasteiger partial charge in [-0.25, -0.2) is 4.39 Å². The molecule has 0 spiro atoms. The van der Waals surface area contributed by atoms with Crippen molar-refractivity contribution in [2.24, 2.45) is 5.73 Å². The molecule has 1 atom stereocenters. The van der Waals surface area contributed by atoms with Crippen molar-refractivity contribution in [3.05, 3.63) is 57.9 Å². The van der Waals surface area contributed by atoms with Gasteiger partial charge in [0.05, 0.1) is 12.0 Å². The molecule has 0 radical (unpaired) electrons. The topological polar surface area (TPSA) is 63.3 Å². The zero-order valence-corrected chi connectivity index (χ0v) is 14.5. The van der Waals surface area contributed by atoms with Crippen LogP contribution in [-0.4, -0.2) is 11.1 Å². The second kappa shape index (κ2) is 7.07. The quantitative estimate of drug-likeness (QED) is 0.753. The molecule has 0 bridgehead atoms. The summed E-state index contributed by atoms with van der Waals surface area (Å²) in [4.78, 5) is 10.9. The first-order chi connectivity index (χ1) is 11.9. The number of carbonyl (C=O) groups is 1. The molecule has 26 heavy (non-hydrogen) atoms. The highest BCUT2D eigenvalue weighted by molar-refractivity contribution is 5.74. The van der Waals surface area contributed by atoms with E-state index in [0.29, 0.717) is 5.56 Å². The molecule has 2 aromatic rings. The third-order valence-corrected chi connectivity index (χ3v) is 4.32. The Morgan fingerprint density at radius 1 is 1.15 bits per heavy atom. The van der Waals surface area contributed by atoms with Gasteiger partial charge in [-0.2, -0.15) is 13.2 Å². The highest BCUT2D eigenvalue weighted by atomic mass is 19.4. The number of alkyl halides is 3. The largest absolute Gasteiger partial charge is 0.481 e. The number of carboxylic acid groups (broad SMARTS) is 1. The van der Waals surface area contributed by atoms with Crippen LogP contribution in [0.15, 0.2) is 24.3 Å². The molecule has 0 heterocycles. The molecule has 0 amide bonds. The summed E-state index contributed by atoms with van der Waals surface area (Å²) < 4.78 is 54.7. The maximum Gasteiger partial charge on any atom is 0.419 e. The molecule has 2 rings (SSSR count). The summed E-state index contributed by atoms with van der Waals surface area (Å²) >= 11 is 0. The molecule has 3 N–H and O–H groups in total. The fourth-order valence-corrected chi connectivity index (χ4v) is 3.01. The number of hydrogen-bond acceptors (Lipinski definition) is 2. The van der Waals surface area contributed by atoms with Gasteiger partial charge in [-0.1, -0.05) is 23.8 Å². The zero-order valence-electron chi connectivity index (χ0n) is 14.5. The van der Waals surface area contributed by atoms with Crippen LogP contribution in [0.4, 0.5) is 17.6 Å². The molecule has 0 aliphatic rings. The van der Waals surface area contributed by atoms with E-state index in [-0.39, 0.29) is 11.1 Å². The van der Waals surface area contributed by atoms with Crippen LogP contribution >= 0.6 is 0 Å². The number of rotatable bonds is 4. The summed E-state index contributed by atoms with van der Waals surface area (Å²) in [6, 6.07) is 4.67. The summed E-state index contributed by atoms with van der Waals surface area (Å²) in [5, 5.41) is 8.90. The Hall–Kier alpha value is -2.41. The van der Waals surface area contributed by atoms with Crippen LogP contribution in [0.25, 0.3) is 11.1 Å². The normalized spacial score (nSPS) is 12.9. The van der Waals surface area contributed by atoms with E-state index < -0.39 is 41.6 Å². The van der Waals surface area contributed by atoms with Crippen LogP contribution in [-0.2, 0) is 11.0 Å². The summed E-state index contributed by atoms with van der Waals surface area (Å²) in [5.74, 6) is -2.83. The van der Waals surface area contributed by atoms with Crippen molar-refractivity contribution in [1.29, 1.82) is 0 Å². The fraction of sp³-hybridized carbons (Fsp3) is 0.316. The molecule has 7 heteroatoms. The van der Waals surface area contributed by atoms with E-state index in [1.165, 1.54) is 6.92 Å². The molecule has 0 saturated heterocycles. The molecule has 0 saturated carbocycles. The van der Waals surface area contributed by atoms with Gasteiger partial charge < -0.3 is 10.8 Å². The first-order valence-electron chi connectivity index (χ1n) is 7.88. The van der Waals surface area contributed by atoms with Gasteiger partial charge in [-0.15, -0.1) is 0 Å². The third-order valence-electron chi connectivity index (χ3n) is 4.32. The number of hydrogen-bond donors (Lipinski definition) is 2. The fourth-order valence-electron chi connectivity index (χ4n) is 3.01. The van der Waals surface area contributed by atoms with Crippen LogP contribution < -0.4 is 5.73 Å². The molecular formula is C19H19F4NO2. The monoisotopic (exact) mass is 369 g/mol. The van der Waals surface area contributed by atoms with Crippen molar-refractivity contribution >= 4 is 5.97 Å². The van der Waals surface area contributed by atoms with Crippen molar-refractivity contribution in [2.45, 2.75) is 39.4 Å². The SMILES string of the molecule is Cc1ccc(C)c(-c2cc(C(F)(F)F)c(F)c(C(N)CC(=O)O)c2C)c1. The van der Waals surface area contributed by atoms with Gasteiger partial charge in [0.15, 0.2) is 0 Å². The molecule has 2 aromatic carbocycles. The number of halogens is 4. The first kappa shape index (κ1) is 19.9. The molecule has 1 unspecified atom stereocenters. The number of carboxylic acids is 1. The predicted octanol–water partition coefficient (Wildman–Crippen LogP) is 4.91. The second-order valence-corrected chi connectivity index (χ2v) is 6.34. The highest BCUT2D eigenvalue weighted by Gasteiger charge is 2.37. The maximum absolute atomic E-state index is 14.6. The Morgan fingerprint density at radius 3 is 2.31 bits per heavy atom. The summed E-state index contributed by atoms with van der Waals surface area (Å²) in [6.45, 7) is 4.99. The lowest BCUT2D eigenvalue weighted by Gasteiger charge is -2.22. The summed E-state index contributed by atoms with van der Waals surface area (Å²) in [6.07, 6.45) is -5.60. The van der Waals surface area contributed by atoms with E-state index in [9.17, 15) is 22.4 Å². The lowest BCUT2D eigenvalue weighted by molar-refractivity contribution is -0.140. The smallest absolute Gasteiger partial charge is 0.419 e.